The Morgan fingerprint density at radius 1 is 1.10 bits per heavy atom. The third-order valence-corrected chi connectivity index (χ3v) is 4.32. The van der Waals surface area contributed by atoms with Crippen LogP contribution in [-0.4, -0.2) is 24.0 Å². The molecule has 0 saturated carbocycles. The average Bonchev–Trinajstić information content (AvgIpc) is 2.96. The van der Waals surface area contributed by atoms with Gasteiger partial charge in [0.25, 0.3) is 0 Å². The molecule has 0 spiro atoms. The van der Waals surface area contributed by atoms with E-state index >= 15 is 0 Å². The normalized spacial score (nSPS) is 10.3. The number of thiophene rings is 1. The van der Waals surface area contributed by atoms with E-state index in [0.29, 0.717) is 6.54 Å². The van der Waals surface area contributed by atoms with Gasteiger partial charge in [-0.1, -0.05) is 30.3 Å². The van der Waals surface area contributed by atoms with Crippen molar-refractivity contribution in [2.45, 2.75) is 20.4 Å². The van der Waals surface area contributed by atoms with Crippen molar-refractivity contribution in [1.82, 2.24) is 10.2 Å². The van der Waals surface area contributed by atoms with Crippen LogP contribution in [0.3, 0.4) is 0 Å². The standard InChI is InChI=1S/C16H20N2OS/c1-3-18(4-2)16(19)17-12-14-10-11-15(20-14)13-8-6-5-7-9-13/h5-11H,3-4,12H2,1-2H3,(H,17,19). The molecule has 4 heteroatoms. The number of hydrogen-bond donors (Lipinski definition) is 1. The number of amides is 2. The van der Waals surface area contributed by atoms with Crippen molar-refractivity contribution >= 4 is 17.4 Å². The molecular formula is C16H20N2OS. The summed E-state index contributed by atoms with van der Waals surface area (Å²) in [5.74, 6) is 0. The lowest BCUT2D eigenvalue weighted by atomic mass is 10.2. The number of nitrogens with one attached hydrogen (secondary N) is 1. The van der Waals surface area contributed by atoms with Gasteiger partial charge in [-0.25, -0.2) is 4.79 Å². The van der Waals surface area contributed by atoms with Crippen LogP contribution in [-0.2, 0) is 6.54 Å². The Kier molecular flexibility index (Phi) is 5.18. The summed E-state index contributed by atoms with van der Waals surface area (Å²) in [6, 6.07) is 14.5. The molecule has 0 atom stereocenters. The largest absolute Gasteiger partial charge is 0.333 e. The smallest absolute Gasteiger partial charge is 0.317 e. The molecular weight excluding hydrogens is 268 g/mol. The van der Waals surface area contributed by atoms with E-state index in [0.717, 1.165) is 13.1 Å². The highest BCUT2D eigenvalue weighted by molar-refractivity contribution is 7.15. The van der Waals surface area contributed by atoms with Crippen LogP contribution in [0.2, 0.25) is 0 Å². The van der Waals surface area contributed by atoms with Gasteiger partial charge in [0.05, 0.1) is 6.54 Å². The molecule has 2 rings (SSSR count). The van der Waals surface area contributed by atoms with Gasteiger partial charge in [0.1, 0.15) is 0 Å². The Morgan fingerprint density at radius 2 is 1.80 bits per heavy atom. The number of rotatable bonds is 5. The number of carbonyl (C=O) groups is 1. The molecule has 2 aromatic rings. The third kappa shape index (κ3) is 3.61. The second kappa shape index (κ2) is 7.10. The van der Waals surface area contributed by atoms with Gasteiger partial charge in [-0.15, -0.1) is 11.3 Å². The second-order valence-electron chi connectivity index (χ2n) is 4.46. The van der Waals surface area contributed by atoms with Crippen LogP contribution < -0.4 is 5.32 Å². The zero-order chi connectivity index (χ0) is 14.4. The molecule has 1 aromatic heterocycles. The lowest BCUT2D eigenvalue weighted by molar-refractivity contribution is 0.203. The van der Waals surface area contributed by atoms with Gasteiger partial charge in [0.2, 0.25) is 0 Å². The summed E-state index contributed by atoms with van der Waals surface area (Å²) < 4.78 is 0. The van der Waals surface area contributed by atoms with Crippen LogP contribution in [0, 0.1) is 0 Å². The van der Waals surface area contributed by atoms with Gasteiger partial charge in [0, 0.05) is 22.8 Å². The first-order chi connectivity index (χ1) is 9.74. The molecule has 0 aliphatic carbocycles. The van der Waals surface area contributed by atoms with Crippen LogP contribution in [0.1, 0.15) is 18.7 Å². The number of hydrogen-bond acceptors (Lipinski definition) is 2. The molecule has 0 aliphatic heterocycles. The van der Waals surface area contributed by atoms with E-state index in [1.54, 1.807) is 16.2 Å². The summed E-state index contributed by atoms with van der Waals surface area (Å²) in [4.78, 5) is 16.1. The predicted octanol–water partition coefficient (Wildman–Crippen LogP) is 3.97. The molecule has 3 nitrogen and oxygen atoms in total. The molecule has 1 N–H and O–H groups in total. The van der Waals surface area contributed by atoms with Crippen LogP contribution in [0.5, 0.6) is 0 Å². The maximum atomic E-state index is 11.9. The fraction of sp³-hybridized carbons (Fsp3) is 0.312. The van der Waals surface area contributed by atoms with Crippen LogP contribution >= 0.6 is 11.3 Å². The van der Waals surface area contributed by atoms with Gasteiger partial charge in [-0.2, -0.15) is 0 Å². The van der Waals surface area contributed by atoms with E-state index in [-0.39, 0.29) is 6.03 Å². The first kappa shape index (κ1) is 14.6. The number of urea groups is 1. The fourth-order valence-corrected chi connectivity index (χ4v) is 2.97. The monoisotopic (exact) mass is 288 g/mol. The molecule has 0 unspecified atom stereocenters. The molecule has 0 aliphatic rings. The molecule has 0 radical (unpaired) electrons. The van der Waals surface area contributed by atoms with Gasteiger partial charge >= 0.3 is 6.03 Å². The van der Waals surface area contributed by atoms with E-state index in [1.165, 1.54) is 15.3 Å². The lowest BCUT2D eigenvalue weighted by Gasteiger charge is -2.18. The van der Waals surface area contributed by atoms with Crippen LogP contribution in [0.25, 0.3) is 10.4 Å². The summed E-state index contributed by atoms with van der Waals surface area (Å²) >= 11 is 1.72. The van der Waals surface area contributed by atoms with Crippen LogP contribution in [0.4, 0.5) is 4.79 Å². The number of carbonyl (C=O) groups excluding carboxylic acids is 1. The molecule has 0 saturated heterocycles. The first-order valence-electron chi connectivity index (χ1n) is 6.91. The Balaban J connectivity index is 1.95. The maximum absolute atomic E-state index is 11.9. The molecule has 1 heterocycles. The fourth-order valence-electron chi connectivity index (χ4n) is 2.02. The Bertz CT molecular complexity index is 547. The van der Waals surface area contributed by atoms with Gasteiger partial charge in [-0.3, -0.25) is 0 Å². The summed E-state index contributed by atoms with van der Waals surface area (Å²) in [5.41, 5.74) is 1.22. The third-order valence-electron chi connectivity index (χ3n) is 3.18. The Morgan fingerprint density at radius 3 is 2.45 bits per heavy atom. The maximum Gasteiger partial charge on any atom is 0.317 e. The first-order valence-corrected chi connectivity index (χ1v) is 7.73. The van der Waals surface area contributed by atoms with Crippen molar-refractivity contribution in [2.24, 2.45) is 0 Å². The Labute approximate surface area is 124 Å². The van der Waals surface area contributed by atoms with E-state index in [2.05, 4.69) is 29.6 Å². The lowest BCUT2D eigenvalue weighted by Crippen LogP contribution is -2.39. The molecule has 0 fully saturated rings. The SMILES string of the molecule is CCN(CC)C(=O)NCc1ccc(-c2ccccc2)s1. The molecule has 1 aromatic carbocycles. The van der Waals surface area contributed by atoms with Crippen molar-refractivity contribution in [1.29, 1.82) is 0 Å². The topological polar surface area (TPSA) is 32.3 Å². The summed E-state index contributed by atoms with van der Waals surface area (Å²) in [5, 5.41) is 2.96. The molecule has 20 heavy (non-hydrogen) atoms. The minimum Gasteiger partial charge on any atom is -0.333 e. The second-order valence-corrected chi connectivity index (χ2v) is 5.63. The molecule has 106 valence electrons. The zero-order valence-electron chi connectivity index (χ0n) is 11.9. The van der Waals surface area contributed by atoms with Crippen molar-refractivity contribution < 1.29 is 4.79 Å². The summed E-state index contributed by atoms with van der Waals surface area (Å²) in [6.45, 7) is 6.04. The highest BCUT2D eigenvalue weighted by Crippen LogP contribution is 2.27. The Hall–Kier alpha value is -1.81. The molecule has 2 amide bonds. The van der Waals surface area contributed by atoms with E-state index in [1.807, 2.05) is 32.0 Å². The van der Waals surface area contributed by atoms with Crippen molar-refractivity contribution in [3.05, 3.63) is 47.3 Å². The number of benzene rings is 1. The predicted molar refractivity (Wildman–Crippen MR) is 84.9 cm³/mol. The van der Waals surface area contributed by atoms with Crippen molar-refractivity contribution in [2.75, 3.05) is 13.1 Å². The van der Waals surface area contributed by atoms with Gasteiger partial charge in [0.15, 0.2) is 0 Å². The van der Waals surface area contributed by atoms with E-state index in [9.17, 15) is 4.79 Å². The van der Waals surface area contributed by atoms with Crippen molar-refractivity contribution in [3.8, 4) is 10.4 Å². The molecule has 0 bridgehead atoms. The number of nitrogens with zero attached hydrogens (tertiary/aromatic N) is 1. The highest BCUT2D eigenvalue weighted by Gasteiger charge is 2.09. The summed E-state index contributed by atoms with van der Waals surface area (Å²) in [6.07, 6.45) is 0. The van der Waals surface area contributed by atoms with Gasteiger partial charge in [-0.05, 0) is 31.5 Å². The van der Waals surface area contributed by atoms with Gasteiger partial charge < -0.3 is 10.2 Å². The quantitative estimate of drug-likeness (QED) is 0.887. The van der Waals surface area contributed by atoms with E-state index < -0.39 is 0 Å². The van der Waals surface area contributed by atoms with Crippen molar-refractivity contribution in [3.63, 3.8) is 0 Å². The minimum atomic E-state index is 0.00432. The minimum absolute atomic E-state index is 0.00432. The van der Waals surface area contributed by atoms with E-state index in [4.69, 9.17) is 0 Å². The zero-order valence-corrected chi connectivity index (χ0v) is 12.7. The van der Waals surface area contributed by atoms with Crippen LogP contribution in [0.15, 0.2) is 42.5 Å². The highest BCUT2D eigenvalue weighted by atomic mass is 32.1. The average molecular weight is 288 g/mol. The summed E-state index contributed by atoms with van der Waals surface area (Å²) in [7, 11) is 0.